The quantitative estimate of drug-likeness (QED) is 0.737. The highest BCUT2D eigenvalue weighted by atomic mass is 32.2. The van der Waals surface area contributed by atoms with Crippen LogP contribution in [-0.2, 0) is 26.0 Å². The minimum atomic E-state index is -3.73. The standard InChI is InChI=1S/C13H18N2O5S/c1-15-12-4-3-11(5-9(12)6-13(15)17)21(18,19)14-7-10(16)8-20-2/h3-5,10,14,16H,6-8H2,1-2H3. The van der Waals surface area contributed by atoms with Crippen LogP contribution in [0.25, 0.3) is 0 Å². The van der Waals surface area contributed by atoms with E-state index >= 15 is 0 Å². The fourth-order valence-corrected chi connectivity index (χ4v) is 3.28. The minimum Gasteiger partial charge on any atom is -0.389 e. The third-order valence-electron chi connectivity index (χ3n) is 3.31. The lowest BCUT2D eigenvalue weighted by molar-refractivity contribution is -0.117. The predicted molar refractivity (Wildman–Crippen MR) is 76.6 cm³/mol. The predicted octanol–water partition coefficient (Wildman–Crippen LogP) is -0.509. The van der Waals surface area contributed by atoms with E-state index in [1.54, 1.807) is 13.1 Å². The van der Waals surface area contributed by atoms with Gasteiger partial charge in [0.15, 0.2) is 0 Å². The number of methoxy groups -OCH3 is 1. The summed E-state index contributed by atoms with van der Waals surface area (Å²) in [4.78, 5) is 13.2. The number of hydrogen-bond acceptors (Lipinski definition) is 5. The van der Waals surface area contributed by atoms with Crippen molar-refractivity contribution in [2.75, 3.05) is 32.2 Å². The first kappa shape index (κ1) is 15.9. The number of amides is 1. The molecule has 1 aromatic rings. The largest absolute Gasteiger partial charge is 0.389 e. The Kier molecular flexibility index (Phi) is 4.62. The molecule has 1 amide bonds. The van der Waals surface area contributed by atoms with Crippen LogP contribution in [0.2, 0.25) is 0 Å². The molecule has 0 saturated carbocycles. The number of benzene rings is 1. The SMILES string of the molecule is COCC(O)CNS(=O)(=O)c1ccc2c(c1)CC(=O)N2C. The lowest BCUT2D eigenvalue weighted by Crippen LogP contribution is -2.34. The highest BCUT2D eigenvalue weighted by Gasteiger charge is 2.26. The van der Waals surface area contributed by atoms with Gasteiger partial charge in [0.2, 0.25) is 15.9 Å². The number of rotatable bonds is 6. The monoisotopic (exact) mass is 314 g/mol. The third-order valence-corrected chi connectivity index (χ3v) is 4.73. The van der Waals surface area contributed by atoms with Crippen molar-refractivity contribution >= 4 is 21.6 Å². The number of aliphatic hydroxyl groups is 1. The van der Waals surface area contributed by atoms with Crippen molar-refractivity contribution in [2.24, 2.45) is 0 Å². The van der Waals surface area contributed by atoms with Crippen molar-refractivity contribution in [1.82, 2.24) is 4.72 Å². The van der Waals surface area contributed by atoms with Crippen LogP contribution < -0.4 is 9.62 Å². The van der Waals surface area contributed by atoms with Crippen molar-refractivity contribution in [2.45, 2.75) is 17.4 Å². The van der Waals surface area contributed by atoms with Crippen LogP contribution >= 0.6 is 0 Å². The summed E-state index contributed by atoms with van der Waals surface area (Å²) < 4.78 is 31.3. The van der Waals surface area contributed by atoms with Gasteiger partial charge in [0.1, 0.15) is 0 Å². The molecule has 0 aliphatic carbocycles. The molecule has 0 fully saturated rings. The van der Waals surface area contributed by atoms with Gasteiger partial charge >= 0.3 is 0 Å². The summed E-state index contributed by atoms with van der Waals surface area (Å²) in [7, 11) is -0.649. The van der Waals surface area contributed by atoms with Crippen LogP contribution in [0.4, 0.5) is 5.69 Å². The molecular formula is C13H18N2O5S. The van der Waals surface area contributed by atoms with E-state index in [4.69, 9.17) is 4.74 Å². The molecule has 1 aliphatic heterocycles. The van der Waals surface area contributed by atoms with Gasteiger partial charge < -0.3 is 14.7 Å². The first-order valence-corrected chi connectivity index (χ1v) is 7.89. The normalized spacial score (nSPS) is 16.1. The molecule has 0 aromatic heterocycles. The number of ether oxygens (including phenoxy) is 1. The van der Waals surface area contributed by atoms with Gasteiger partial charge in [-0.3, -0.25) is 4.79 Å². The molecule has 0 spiro atoms. The zero-order valence-corrected chi connectivity index (χ0v) is 12.7. The van der Waals surface area contributed by atoms with Crippen LogP contribution in [0.1, 0.15) is 5.56 Å². The van der Waals surface area contributed by atoms with Crippen molar-refractivity contribution < 1.29 is 23.1 Å². The zero-order valence-electron chi connectivity index (χ0n) is 11.9. The molecule has 21 heavy (non-hydrogen) atoms. The average Bonchev–Trinajstić information content (AvgIpc) is 2.72. The summed E-state index contributed by atoms with van der Waals surface area (Å²) in [5.74, 6) is -0.0666. The van der Waals surface area contributed by atoms with Gasteiger partial charge in [-0.05, 0) is 23.8 Å². The number of fused-ring (bicyclic) bond motifs is 1. The van der Waals surface area contributed by atoms with E-state index in [1.807, 2.05) is 0 Å². The van der Waals surface area contributed by atoms with Crippen molar-refractivity contribution in [1.29, 1.82) is 0 Å². The van der Waals surface area contributed by atoms with E-state index in [9.17, 15) is 18.3 Å². The first-order valence-electron chi connectivity index (χ1n) is 6.41. The van der Waals surface area contributed by atoms with Gasteiger partial charge in [0.25, 0.3) is 0 Å². The zero-order chi connectivity index (χ0) is 15.6. The van der Waals surface area contributed by atoms with Gasteiger partial charge in [-0.2, -0.15) is 0 Å². The van der Waals surface area contributed by atoms with E-state index in [2.05, 4.69) is 4.72 Å². The molecule has 1 aromatic carbocycles. The molecular weight excluding hydrogens is 296 g/mol. The number of carbonyl (C=O) groups excluding carboxylic acids is 1. The van der Waals surface area contributed by atoms with Gasteiger partial charge in [0, 0.05) is 26.4 Å². The molecule has 1 aliphatic rings. The molecule has 2 N–H and O–H groups in total. The van der Waals surface area contributed by atoms with E-state index in [0.29, 0.717) is 5.56 Å². The molecule has 8 heteroatoms. The number of aliphatic hydroxyl groups excluding tert-OH is 1. The molecule has 1 heterocycles. The minimum absolute atomic E-state index is 0.0476. The maximum absolute atomic E-state index is 12.1. The summed E-state index contributed by atoms with van der Waals surface area (Å²) in [5.41, 5.74) is 1.40. The van der Waals surface area contributed by atoms with Gasteiger partial charge in [-0.25, -0.2) is 13.1 Å². The van der Waals surface area contributed by atoms with E-state index in [0.717, 1.165) is 5.69 Å². The van der Waals surface area contributed by atoms with Crippen LogP contribution in [0.15, 0.2) is 23.1 Å². The Bertz CT molecular complexity index is 644. The molecule has 1 unspecified atom stereocenters. The summed E-state index contributed by atoms with van der Waals surface area (Å²) >= 11 is 0. The molecule has 1 atom stereocenters. The summed E-state index contributed by atoms with van der Waals surface area (Å²) in [6, 6.07) is 4.54. The number of likely N-dealkylation sites (N-methyl/N-ethyl adjacent to an activating group) is 1. The van der Waals surface area contributed by atoms with E-state index < -0.39 is 16.1 Å². The second kappa shape index (κ2) is 6.10. The molecule has 0 bridgehead atoms. The Balaban J connectivity index is 2.15. The Hall–Kier alpha value is -1.48. The Labute approximate surface area is 123 Å². The summed E-state index contributed by atoms with van der Waals surface area (Å²) in [6.07, 6.45) is -0.714. The second-order valence-corrected chi connectivity index (χ2v) is 6.65. The highest BCUT2D eigenvalue weighted by molar-refractivity contribution is 7.89. The van der Waals surface area contributed by atoms with Crippen LogP contribution in [0.5, 0.6) is 0 Å². The van der Waals surface area contributed by atoms with Crippen LogP contribution in [0, 0.1) is 0 Å². The van der Waals surface area contributed by atoms with E-state index in [-0.39, 0.29) is 30.4 Å². The summed E-state index contributed by atoms with van der Waals surface area (Å²) in [5, 5.41) is 9.48. The summed E-state index contributed by atoms with van der Waals surface area (Å²) in [6.45, 7) is -0.0852. The third kappa shape index (κ3) is 3.41. The molecule has 7 nitrogen and oxygen atoms in total. The van der Waals surface area contributed by atoms with Gasteiger partial charge in [-0.15, -0.1) is 0 Å². The fourth-order valence-electron chi connectivity index (χ4n) is 2.15. The van der Waals surface area contributed by atoms with Crippen molar-refractivity contribution in [3.05, 3.63) is 23.8 Å². The number of anilines is 1. The maximum Gasteiger partial charge on any atom is 0.240 e. The number of nitrogens with zero attached hydrogens (tertiary/aromatic N) is 1. The lowest BCUT2D eigenvalue weighted by Gasteiger charge is -2.13. The molecule has 0 saturated heterocycles. The topological polar surface area (TPSA) is 95.9 Å². The van der Waals surface area contributed by atoms with Gasteiger partial charge in [0.05, 0.1) is 24.0 Å². The lowest BCUT2D eigenvalue weighted by atomic mass is 10.2. The van der Waals surface area contributed by atoms with Gasteiger partial charge in [-0.1, -0.05) is 0 Å². The van der Waals surface area contributed by atoms with Crippen molar-refractivity contribution in [3.8, 4) is 0 Å². The maximum atomic E-state index is 12.1. The number of nitrogens with one attached hydrogen (secondary N) is 1. The Morgan fingerprint density at radius 2 is 2.19 bits per heavy atom. The van der Waals surface area contributed by atoms with Crippen molar-refractivity contribution in [3.63, 3.8) is 0 Å². The first-order chi connectivity index (χ1) is 9.85. The number of hydrogen-bond donors (Lipinski definition) is 2. The highest BCUT2D eigenvalue weighted by Crippen LogP contribution is 2.29. The average molecular weight is 314 g/mol. The Morgan fingerprint density at radius 1 is 1.48 bits per heavy atom. The number of carbonyl (C=O) groups is 1. The fraction of sp³-hybridized carbons (Fsp3) is 0.462. The van der Waals surface area contributed by atoms with Crippen LogP contribution in [-0.4, -0.2) is 52.8 Å². The molecule has 116 valence electrons. The Morgan fingerprint density at radius 3 is 2.86 bits per heavy atom. The molecule has 2 rings (SSSR count). The second-order valence-electron chi connectivity index (χ2n) is 4.88. The smallest absolute Gasteiger partial charge is 0.240 e. The number of sulfonamides is 1. The van der Waals surface area contributed by atoms with E-state index in [1.165, 1.54) is 24.1 Å². The van der Waals surface area contributed by atoms with Crippen LogP contribution in [0.3, 0.4) is 0 Å². The molecule has 0 radical (unpaired) electrons.